The number of aryl methyl sites for hydroxylation is 2. The largest absolute Gasteiger partial charge is 0.349 e. The molecule has 1 heterocycles. The zero-order chi connectivity index (χ0) is 13.8. The van der Waals surface area contributed by atoms with E-state index in [-0.39, 0.29) is 11.9 Å². The molecule has 3 heteroatoms. The minimum atomic E-state index is 0.0479. The summed E-state index contributed by atoms with van der Waals surface area (Å²) < 4.78 is 0. The van der Waals surface area contributed by atoms with Crippen molar-refractivity contribution in [3.63, 3.8) is 0 Å². The van der Waals surface area contributed by atoms with E-state index in [2.05, 4.69) is 37.4 Å². The molecule has 0 aliphatic heterocycles. The fourth-order valence-corrected chi connectivity index (χ4v) is 2.68. The first-order valence-electron chi connectivity index (χ1n) is 6.45. The molecular weight excluding hydrogens is 254 g/mol. The van der Waals surface area contributed by atoms with Gasteiger partial charge in [0.25, 0.3) is 0 Å². The van der Waals surface area contributed by atoms with Crippen molar-refractivity contribution in [3.8, 4) is 0 Å². The maximum Gasteiger partial charge on any atom is 0.225 e. The van der Waals surface area contributed by atoms with Crippen LogP contribution >= 0.6 is 11.3 Å². The summed E-state index contributed by atoms with van der Waals surface area (Å²) in [5, 5.41) is 5.04. The Morgan fingerprint density at radius 2 is 2.05 bits per heavy atom. The highest BCUT2D eigenvalue weighted by molar-refractivity contribution is 7.10. The lowest BCUT2D eigenvalue weighted by Gasteiger charge is -2.15. The first kappa shape index (κ1) is 13.8. The van der Waals surface area contributed by atoms with Gasteiger partial charge in [-0.15, -0.1) is 11.3 Å². The highest BCUT2D eigenvalue weighted by Gasteiger charge is 2.11. The highest BCUT2D eigenvalue weighted by Crippen LogP contribution is 2.17. The van der Waals surface area contributed by atoms with E-state index in [9.17, 15) is 4.79 Å². The molecule has 2 rings (SSSR count). The normalized spacial score (nSPS) is 12.2. The van der Waals surface area contributed by atoms with E-state index < -0.39 is 0 Å². The number of carbonyl (C=O) groups is 1. The van der Waals surface area contributed by atoms with Gasteiger partial charge in [0.15, 0.2) is 0 Å². The standard InChI is InChI=1S/C16H19NOS/c1-11-6-7-14(9-12(11)2)13(3)17-16(18)10-15-5-4-8-19-15/h4-9,13H,10H2,1-3H3,(H,17,18)/t13-/m0/s1. The summed E-state index contributed by atoms with van der Waals surface area (Å²) in [7, 11) is 0. The Morgan fingerprint density at radius 1 is 1.26 bits per heavy atom. The quantitative estimate of drug-likeness (QED) is 0.902. The molecule has 2 nitrogen and oxygen atoms in total. The summed E-state index contributed by atoms with van der Waals surface area (Å²) in [6.07, 6.45) is 0.465. The minimum Gasteiger partial charge on any atom is -0.349 e. The van der Waals surface area contributed by atoms with E-state index in [0.29, 0.717) is 6.42 Å². The Bertz CT molecular complexity index is 560. The molecule has 100 valence electrons. The Kier molecular flexibility index (Phi) is 4.38. The molecule has 0 saturated carbocycles. The van der Waals surface area contributed by atoms with Crippen molar-refractivity contribution in [1.29, 1.82) is 0 Å². The van der Waals surface area contributed by atoms with E-state index in [1.165, 1.54) is 11.1 Å². The zero-order valence-electron chi connectivity index (χ0n) is 11.6. The summed E-state index contributed by atoms with van der Waals surface area (Å²) >= 11 is 1.62. The molecule has 0 aliphatic carbocycles. The molecule has 1 aromatic heterocycles. The number of amides is 1. The van der Waals surface area contributed by atoms with Crippen molar-refractivity contribution in [2.24, 2.45) is 0 Å². The Labute approximate surface area is 118 Å². The molecule has 1 amide bonds. The molecule has 1 atom stereocenters. The number of carbonyl (C=O) groups excluding carboxylic acids is 1. The minimum absolute atomic E-state index is 0.0479. The van der Waals surface area contributed by atoms with E-state index in [4.69, 9.17) is 0 Å². The second-order valence-corrected chi connectivity index (χ2v) is 5.92. The molecule has 19 heavy (non-hydrogen) atoms. The number of nitrogens with one attached hydrogen (secondary N) is 1. The highest BCUT2D eigenvalue weighted by atomic mass is 32.1. The third-order valence-corrected chi connectivity index (χ3v) is 4.20. The van der Waals surface area contributed by atoms with Crippen LogP contribution in [-0.2, 0) is 11.2 Å². The Hall–Kier alpha value is -1.61. The fraction of sp³-hybridized carbons (Fsp3) is 0.312. The lowest BCUT2D eigenvalue weighted by atomic mass is 10.0. The smallest absolute Gasteiger partial charge is 0.225 e. The van der Waals surface area contributed by atoms with Crippen molar-refractivity contribution < 1.29 is 4.79 Å². The van der Waals surface area contributed by atoms with Crippen LogP contribution in [0.3, 0.4) is 0 Å². The third kappa shape index (κ3) is 3.67. The average molecular weight is 273 g/mol. The van der Waals surface area contributed by atoms with Crippen LogP contribution < -0.4 is 5.32 Å². The van der Waals surface area contributed by atoms with Gasteiger partial charge in [-0.25, -0.2) is 0 Å². The van der Waals surface area contributed by atoms with E-state index in [0.717, 1.165) is 10.4 Å². The molecule has 0 fully saturated rings. The van der Waals surface area contributed by atoms with E-state index in [1.807, 2.05) is 24.4 Å². The molecule has 0 spiro atoms. The lowest BCUT2D eigenvalue weighted by molar-refractivity contribution is -0.121. The van der Waals surface area contributed by atoms with Gasteiger partial charge < -0.3 is 5.32 Å². The molecule has 2 aromatic rings. The van der Waals surface area contributed by atoms with Gasteiger partial charge >= 0.3 is 0 Å². The molecule has 0 bridgehead atoms. The van der Waals surface area contributed by atoms with Crippen LogP contribution in [0.25, 0.3) is 0 Å². The van der Waals surface area contributed by atoms with Crippen LogP contribution in [0.5, 0.6) is 0 Å². The maximum absolute atomic E-state index is 11.9. The van der Waals surface area contributed by atoms with Gasteiger partial charge in [-0.2, -0.15) is 0 Å². The van der Waals surface area contributed by atoms with Crippen LogP contribution in [0.1, 0.15) is 34.5 Å². The van der Waals surface area contributed by atoms with Crippen LogP contribution in [0.15, 0.2) is 35.7 Å². The molecule has 0 radical (unpaired) electrons. The summed E-state index contributed by atoms with van der Waals surface area (Å²) in [6, 6.07) is 10.3. The van der Waals surface area contributed by atoms with Gasteiger partial charge in [-0.3, -0.25) is 4.79 Å². The maximum atomic E-state index is 11.9. The second kappa shape index (κ2) is 6.02. The third-order valence-electron chi connectivity index (χ3n) is 3.32. The first-order valence-corrected chi connectivity index (χ1v) is 7.33. The van der Waals surface area contributed by atoms with Gasteiger partial charge in [-0.05, 0) is 48.9 Å². The zero-order valence-corrected chi connectivity index (χ0v) is 12.4. The van der Waals surface area contributed by atoms with Crippen LogP contribution in [0, 0.1) is 13.8 Å². The van der Waals surface area contributed by atoms with Crippen molar-refractivity contribution in [3.05, 3.63) is 57.3 Å². The number of hydrogen-bond acceptors (Lipinski definition) is 2. The van der Waals surface area contributed by atoms with Crippen molar-refractivity contribution >= 4 is 17.2 Å². The monoisotopic (exact) mass is 273 g/mol. The lowest BCUT2D eigenvalue weighted by Crippen LogP contribution is -2.27. The van der Waals surface area contributed by atoms with Crippen molar-refractivity contribution in [1.82, 2.24) is 5.32 Å². The fourth-order valence-electron chi connectivity index (χ4n) is 1.98. The van der Waals surface area contributed by atoms with E-state index >= 15 is 0 Å². The molecule has 1 N–H and O–H groups in total. The SMILES string of the molecule is Cc1ccc([C@H](C)NC(=O)Cc2cccs2)cc1C. The van der Waals surface area contributed by atoms with Crippen molar-refractivity contribution in [2.75, 3.05) is 0 Å². The molecular formula is C16H19NOS. The topological polar surface area (TPSA) is 29.1 Å². The first-order chi connectivity index (χ1) is 9.06. The molecule has 0 unspecified atom stereocenters. The van der Waals surface area contributed by atoms with Gasteiger partial charge in [-0.1, -0.05) is 24.3 Å². The van der Waals surface area contributed by atoms with E-state index in [1.54, 1.807) is 11.3 Å². The van der Waals surface area contributed by atoms with Crippen LogP contribution in [0.4, 0.5) is 0 Å². The molecule has 0 aliphatic rings. The van der Waals surface area contributed by atoms with Gasteiger partial charge in [0.2, 0.25) is 5.91 Å². The summed E-state index contributed by atoms with van der Waals surface area (Å²) in [4.78, 5) is 13.0. The predicted molar refractivity (Wildman–Crippen MR) is 80.5 cm³/mol. The van der Waals surface area contributed by atoms with Crippen LogP contribution in [-0.4, -0.2) is 5.91 Å². The number of hydrogen-bond donors (Lipinski definition) is 1. The number of rotatable bonds is 4. The van der Waals surface area contributed by atoms with Gasteiger partial charge in [0.1, 0.15) is 0 Å². The number of thiophene rings is 1. The van der Waals surface area contributed by atoms with Crippen LogP contribution in [0.2, 0.25) is 0 Å². The summed E-state index contributed by atoms with van der Waals surface area (Å²) in [6.45, 7) is 6.22. The average Bonchev–Trinajstić information content (AvgIpc) is 2.85. The number of benzene rings is 1. The molecule has 0 saturated heterocycles. The summed E-state index contributed by atoms with van der Waals surface area (Å²) in [5.41, 5.74) is 3.69. The summed E-state index contributed by atoms with van der Waals surface area (Å²) in [5.74, 6) is 0.0770. The van der Waals surface area contributed by atoms with Crippen molar-refractivity contribution in [2.45, 2.75) is 33.2 Å². The predicted octanol–water partition coefficient (Wildman–Crippen LogP) is 3.78. The van der Waals surface area contributed by atoms with Gasteiger partial charge in [0.05, 0.1) is 12.5 Å². The second-order valence-electron chi connectivity index (χ2n) is 4.89. The Balaban J connectivity index is 1.98. The molecule has 1 aromatic carbocycles. The van der Waals surface area contributed by atoms with Gasteiger partial charge in [0, 0.05) is 4.88 Å². The Morgan fingerprint density at radius 3 is 2.68 bits per heavy atom.